The second-order valence-electron chi connectivity index (χ2n) is 4.79. The predicted molar refractivity (Wildman–Crippen MR) is 62.9 cm³/mol. The summed E-state index contributed by atoms with van der Waals surface area (Å²) in [5.41, 5.74) is 0.506. The average Bonchev–Trinajstić information content (AvgIpc) is 2.44. The molecule has 2 rings (SSSR count). The average molecular weight is 261 g/mol. The smallest absolute Gasteiger partial charge is 0.0652 e. The van der Waals surface area contributed by atoms with E-state index < -0.39 is 0 Å². The number of hydrogen-bond acceptors (Lipinski definition) is 1. The molecule has 82 valence electrons. The molecule has 0 bridgehead atoms. The van der Waals surface area contributed by atoms with Gasteiger partial charge in [0.2, 0.25) is 0 Å². The highest BCUT2D eigenvalue weighted by molar-refractivity contribution is 9.09. The summed E-state index contributed by atoms with van der Waals surface area (Å²) in [5.74, 6) is 0. The lowest BCUT2D eigenvalue weighted by Crippen LogP contribution is -2.55. The Morgan fingerprint density at radius 3 is 2.36 bits per heavy atom. The predicted octanol–water partition coefficient (Wildman–Crippen LogP) is 3.90. The standard InChI is InChI=1S/C12H21BrO/c1-2-14-11-9-10(13)12(11)7-5-3-4-6-8-12/h10-11H,2-9H2,1H3. The van der Waals surface area contributed by atoms with Gasteiger partial charge in [0.1, 0.15) is 0 Å². The van der Waals surface area contributed by atoms with Gasteiger partial charge in [0.25, 0.3) is 0 Å². The van der Waals surface area contributed by atoms with E-state index in [4.69, 9.17) is 4.74 Å². The van der Waals surface area contributed by atoms with Gasteiger partial charge in [-0.05, 0) is 26.2 Å². The fraction of sp³-hybridized carbons (Fsp3) is 1.00. The number of halogens is 1. The zero-order chi connectivity index (χ0) is 10.0. The van der Waals surface area contributed by atoms with Crippen LogP contribution in [0, 0.1) is 5.41 Å². The Balaban J connectivity index is 2.01. The molecule has 2 saturated carbocycles. The van der Waals surface area contributed by atoms with Gasteiger partial charge < -0.3 is 4.74 Å². The van der Waals surface area contributed by atoms with Gasteiger partial charge in [-0.15, -0.1) is 0 Å². The second kappa shape index (κ2) is 4.52. The first-order chi connectivity index (χ1) is 6.79. The molecule has 2 atom stereocenters. The zero-order valence-electron chi connectivity index (χ0n) is 9.10. The molecule has 1 spiro atoms. The highest BCUT2D eigenvalue weighted by atomic mass is 79.9. The van der Waals surface area contributed by atoms with E-state index in [-0.39, 0.29) is 0 Å². The topological polar surface area (TPSA) is 9.23 Å². The first kappa shape index (κ1) is 10.9. The summed E-state index contributed by atoms with van der Waals surface area (Å²) in [5, 5.41) is 0. The molecule has 0 heterocycles. The summed E-state index contributed by atoms with van der Waals surface area (Å²) in [6.07, 6.45) is 10.2. The molecule has 2 heteroatoms. The number of alkyl halides is 1. The largest absolute Gasteiger partial charge is 0.378 e. The van der Waals surface area contributed by atoms with Crippen LogP contribution in [0.2, 0.25) is 0 Å². The van der Waals surface area contributed by atoms with Crippen LogP contribution in [0.5, 0.6) is 0 Å². The van der Waals surface area contributed by atoms with Gasteiger partial charge in [-0.25, -0.2) is 0 Å². The van der Waals surface area contributed by atoms with Crippen molar-refractivity contribution in [3.05, 3.63) is 0 Å². The Labute approximate surface area is 95.7 Å². The fourth-order valence-corrected chi connectivity index (χ4v) is 4.25. The molecule has 0 aromatic heterocycles. The number of hydrogen-bond donors (Lipinski definition) is 0. The van der Waals surface area contributed by atoms with Crippen molar-refractivity contribution in [2.75, 3.05) is 6.61 Å². The van der Waals surface area contributed by atoms with E-state index in [9.17, 15) is 0 Å². The third kappa shape index (κ3) is 1.76. The van der Waals surface area contributed by atoms with Gasteiger partial charge >= 0.3 is 0 Å². The molecule has 0 aromatic carbocycles. The lowest BCUT2D eigenvalue weighted by atomic mass is 9.61. The van der Waals surface area contributed by atoms with Crippen LogP contribution in [-0.4, -0.2) is 17.5 Å². The molecule has 0 amide bonds. The molecule has 2 unspecified atom stereocenters. The van der Waals surface area contributed by atoms with Crippen LogP contribution in [0.1, 0.15) is 51.9 Å². The van der Waals surface area contributed by atoms with Crippen LogP contribution >= 0.6 is 15.9 Å². The lowest BCUT2D eigenvalue weighted by molar-refractivity contribution is -0.107. The molecule has 0 saturated heterocycles. The third-order valence-electron chi connectivity index (χ3n) is 4.09. The Hall–Kier alpha value is 0.440. The number of rotatable bonds is 2. The first-order valence-electron chi connectivity index (χ1n) is 6.05. The van der Waals surface area contributed by atoms with Crippen molar-refractivity contribution in [1.29, 1.82) is 0 Å². The SMILES string of the molecule is CCOC1CC(Br)C12CCCCCC2. The molecule has 1 nitrogen and oxygen atoms in total. The van der Waals surface area contributed by atoms with Crippen molar-refractivity contribution in [2.45, 2.75) is 62.8 Å². The van der Waals surface area contributed by atoms with E-state index in [0.29, 0.717) is 11.5 Å². The van der Waals surface area contributed by atoms with Crippen LogP contribution < -0.4 is 0 Å². The lowest BCUT2D eigenvalue weighted by Gasteiger charge is -2.53. The molecule has 0 aromatic rings. The monoisotopic (exact) mass is 260 g/mol. The van der Waals surface area contributed by atoms with Crippen LogP contribution in [0.25, 0.3) is 0 Å². The minimum Gasteiger partial charge on any atom is -0.378 e. The highest BCUT2D eigenvalue weighted by Crippen LogP contribution is 2.55. The van der Waals surface area contributed by atoms with Crippen LogP contribution in [0.3, 0.4) is 0 Å². The van der Waals surface area contributed by atoms with E-state index >= 15 is 0 Å². The molecule has 0 N–H and O–H groups in total. The van der Waals surface area contributed by atoms with Gasteiger partial charge in [0.15, 0.2) is 0 Å². The van der Waals surface area contributed by atoms with Gasteiger partial charge in [0, 0.05) is 16.8 Å². The normalized spacial score (nSPS) is 36.4. The van der Waals surface area contributed by atoms with Crippen molar-refractivity contribution in [3.63, 3.8) is 0 Å². The van der Waals surface area contributed by atoms with E-state index in [1.165, 1.54) is 44.9 Å². The molecule has 2 aliphatic carbocycles. The maximum absolute atomic E-state index is 5.87. The maximum atomic E-state index is 5.87. The molecular weight excluding hydrogens is 240 g/mol. The molecular formula is C12H21BrO. The van der Waals surface area contributed by atoms with E-state index in [2.05, 4.69) is 22.9 Å². The summed E-state index contributed by atoms with van der Waals surface area (Å²) < 4.78 is 5.87. The van der Waals surface area contributed by atoms with E-state index in [1.54, 1.807) is 0 Å². The van der Waals surface area contributed by atoms with Crippen LogP contribution in [0.4, 0.5) is 0 Å². The quantitative estimate of drug-likeness (QED) is 0.685. The second-order valence-corrected chi connectivity index (χ2v) is 5.90. The first-order valence-corrected chi connectivity index (χ1v) is 6.97. The Morgan fingerprint density at radius 2 is 1.86 bits per heavy atom. The number of ether oxygens (including phenoxy) is 1. The maximum Gasteiger partial charge on any atom is 0.0652 e. The minimum atomic E-state index is 0.506. The summed E-state index contributed by atoms with van der Waals surface area (Å²) in [4.78, 5) is 0.727. The van der Waals surface area contributed by atoms with E-state index in [1.807, 2.05) is 0 Å². The molecule has 14 heavy (non-hydrogen) atoms. The van der Waals surface area contributed by atoms with Gasteiger partial charge in [-0.3, -0.25) is 0 Å². The van der Waals surface area contributed by atoms with Gasteiger partial charge in [-0.2, -0.15) is 0 Å². The van der Waals surface area contributed by atoms with Crippen molar-refractivity contribution in [3.8, 4) is 0 Å². The van der Waals surface area contributed by atoms with Gasteiger partial charge in [-0.1, -0.05) is 41.6 Å². The Bertz CT molecular complexity index is 183. The highest BCUT2D eigenvalue weighted by Gasteiger charge is 2.53. The third-order valence-corrected chi connectivity index (χ3v) is 5.37. The Kier molecular flexibility index (Phi) is 3.54. The zero-order valence-corrected chi connectivity index (χ0v) is 10.7. The van der Waals surface area contributed by atoms with Gasteiger partial charge in [0.05, 0.1) is 6.10 Å². The van der Waals surface area contributed by atoms with Crippen LogP contribution in [0.15, 0.2) is 0 Å². The van der Waals surface area contributed by atoms with Crippen LogP contribution in [-0.2, 0) is 4.74 Å². The Morgan fingerprint density at radius 1 is 1.21 bits per heavy atom. The summed E-state index contributed by atoms with van der Waals surface area (Å²) in [7, 11) is 0. The molecule has 2 fully saturated rings. The molecule has 0 aliphatic heterocycles. The fourth-order valence-electron chi connectivity index (χ4n) is 3.16. The van der Waals surface area contributed by atoms with Crippen molar-refractivity contribution < 1.29 is 4.74 Å². The molecule has 0 radical (unpaired) electrons. The van der Waals surface area contributed by atoms with Crippen molar-refractivity contribution in [1.82, 2.24) is 0 Å². The minimum absolute atomic E-state index is 0.506. The van der Waals surface area contributed by atoms with E-state index in [0.717, 1.165) is 11.4 Å². The molecule has 2 aliphatic rings. The summed E-state index contributed by atoms with van der Waals surface area (Å²) in [6, 6.07) is 0. The van der Waals surface area contributed by atoms with Crippen molar-refractivity contribution in [2.24, 2.45) is 5.41 Å². The van der Waals surface area contributed by atoms with Crippen molar-refractivity contribution >= 4 is 15.9 Å². The summed E-state index contributed by atoms with van der Waals surface area (Å²) in [6.45, 7) is 3.00. The summed E-state index contributed by atoms with van der Waals surface area (Å²) >= 11 is 3.84.